The summed E-state index contributed by atoms with van der Waals surface area (Å²) in [5.74, 6) is 1.13. The summed E-state index contributed by atoms with van der Waals surface area (Å²) in [7, 11) is 3.12. The SMILES string of the molecule is COc1ccc(C(=O)c2sc(C)cc2Br)c(OC)c1. The van der Waals surface area contributed by atoms with Gasteiger partial charge in [-0.1, -0.05) is 0 Å². The average Bonchev–Trinajstić information content (AvgIpc) is 2.76. The molecule has 5 heteroatoms. The molecule has 19 heavy (non-hydrogen) atoms. The molecular formula is C14H13BrO3S. The van der Waals surface area contributed by atoms with E-state index in [-0.39, 0.29) is 5.78 Å². The number of ketones is 1. The zero-order valence-electron chi connectivity index (χ0n) is 10.8. The summed E-state index contributed by atoms with van der Waals surface area (Å²) in [6, 6.07) is 7.13. The van der Waals surface area contributed by atoms with Gasteiger partial charge in [-0.3, -0.25) is 4.79 Å². The second-order valence-electron chi connectivity index (χ2n) is 3.93. The van der Waals surface area contributed by atoms with Crippen molar-refractivity contribution >= 4 is 33.0 Å². The number of rotatable bonds is 4. The quantitative estimate of drug-likeness (QED) is 0.787. The van der Waals surface area contributed by atoms with E-state index < -0.39 is 0 Å². The van der Waals surface area contributed by atoms with Gasteiger partial charge >= 0.3 is 0 Å². The Morgan fingerprint density at radius 2 is 1.95 bits per heavy atom. The topological polar surface area (TPSA) is 35.5 Å². The zero-order valence-corrected chi connectivity index (χ0v) is 13.2. The lowest BCUT2D eigenvalue weighted by atomic mass is 10.1. The molecule has 0 saturated carbocycles. The highest BCUT2D eigenvalue weighted by Crippen LogP contribution is 2.33. The maximum Gasteiger partial charge on any atom is 0.207 e. The largest absolute Gasteiger partial charge is 0.497 e. The Labute approximate surface area is 124 Å². The summed E-state index contributed by atoms with van der Waals surface area (Å²) in [6.07, 6.45) is 0. The van der Waals surface area contributed by atoms with Gasteiger partial charge in [-0.2, -0.15) is 0 Å². The van der Waals surface area contributed by atoms with Crippen LogP contribution >= 0.6 is 27.3 Å². The minimum atomic E-state index is -0.0514. The third-order valence-corrected chi connectivity index (χ3v) is 4.61. The van der Waals surface area contributed by atoms with Gasteiger partial charge < -0.3 is 9.47 Å². The number of methoxy groups -OCH3 is 2. The van der Waals surface area contributed by atoms with E-state index in [1.807, 2.05) is 13.0 Å². The van der Waals surface area contributed by atoms with E-state index in [0.717, 1.165) is 9.35 Å². The lowest BCUT2D eigenvalue weighted by Gasteiger charge is -2.09. The fourth-order valence-electron chi connectivity index (χ4n) is 1.75. The van der Waals surface area contributed by atoms with Crippen molar-refractivity contribution in [2.75, 3.05) is 14.2 Å². The number of hydrogen-bond donors (Lipinski definition) is 0. The molecule has 0 aliphatic rings. The molecule has 3 nitrogen and oxygen atoms in total. The third kappa shape index (κ3) is 2.82. The first-order chi connectivity index (χ1) is 9.06. The van der Waals surface area contributed by atoms with Crippen molar-refractivity contribution < 1.29 is 14.3 Å². The Balaban J connectivity index is 2.46. The van der Waals surface area contributed by atoms with E-state index in [1.54, 1.807) is 32.4 Å². The summed E-state index contributed by atoms with van der Waals surface area (Å²) >= 11 is 4.88. The number of ether oxygens (including phenoxy) is 2. The molecule has 0 aliphatic heterocycles. The lowest BCUT2D eigenvalue weighted by molar-refractivity contribution is 0.103. The van der Waals surface area contributed by atoms with Crippen molar-refractivity contribution in [2.45, 2.75) is 6.92 Å². The van der Waals surface area contributed by atoms with Crippen LogP contribution in [-0.2, 0) is 0 Å². The van der Waals surface area contributed by atoms with E-state index in [0.29, 0.717) is 21.9 Å². The highest BCUT2D eigenvalue weighted by Gasteiger charge is 2.19. The van der Waals surface area contributed by atoms with Crippen LogP contribution in [0, 0.1) is 6.92 Å². The second kappa shape index (κ2) is 5.75. The Bertz CT molecular complexity index is 619. The summed E-state index contributed by atoms with van der Waals surface area (Å²) in [6.45, 7) is 1.97. The smallest absolute Gasteiger partial charge is 0.207 e. The Morgan fingerprint density at radius 1 is 1.21 bits per heavy atom. The molecule has 0 fully saturated rings. The normalized spacial score (nSPS) is 10.3. The molecule has 0 bridgehead atoms. The van der Waals surface area contributed by atoms with Crippen molar-refractivity contribution in [1.29, 1.82) is 0 Å². The van der Waals surface area contributed by atoms with Crippen molar-refractivity contribution in [1.82, 2.24) is 0 Å². The van der Waals surface area contributed by atoms with Crippen molar-refractivity contribution in [3.8, 4) is 11.5 Å². The number of carbonyl (C=O) groups excluding carboxylic acids is 1. The number of benzene rings is 1. The van der Waals surface area contributed by atoms with Gasteiger partial charge in [-0.15, -0.1) is 11.3 Å². The number of thiophene rings is 1. The molecule has 0 amide bonds. The molecule has 1 aromatic heterocycles. The van der Waals surface area contributed by atoms with Gasteiger partial charge in [0.25, 0.3) is 0 Å². The maximum atomic E-state index is 12.5. The summed E-state index contributed by atoms with van der Waals surface area (Å²) < 4.78 is 11.2. The summed E-state index contributed by atoms with van der Waals surface area (Å²) in [5, 5.41) is 0. The second-order valence-corrected chi connectivity index (χ2v) is 6.04. The Kier molecular flexibility index (Phi) is 4.27. The Hall–Kier alpha value is -1.33. The van der Waals surface area contributed by atoms with Gasteiger partial charge in [0.1, 0.15) is 11.5 Å². The molecule has 0 N–H and O–H groups in total. The monoisotopic (exact) mass is 340 g/mol. The van der Waals surface area contributed by atoms with E-state index in [2.05, 4.69) is 15.9 Å². The van der Waals surface area contributed by atoms with Crippen LogP contribution in [0.5, 0.6) is 11.5 Å². The zero-order chi connectivity index (χ0) is 14.0. The van der Waals surface area contributed by atoms with Crippen molar-refractivity contribution in [2.24, 2.45) is 0 Å². The van der Waals surface area contributed by atoms with E-state index in [4.69, 9.17) is 9.47 Å². The highest BCUT2D eigenvalue weighted by atomic mass is 79.9. The molecular weight excluding hydrogens is 328 g/mol. The van der Waals surface area contributed by atoms with Crippen LogP contribution in [-0.4, -0.2) is 20.0 Å². The number of aryl methyl sites for hydroxylation is 1. The van der Waals surface area contributed by atoms with Crippen LogP contribution in [0.3, 0.4) is 0 Å². The summed E-state index contributed by atoms with van der Waals surface area (Å²) in [5.41, 5.74) is 0.533. The van der Waals surface area contributed by atoms with E-state index in [9.17, 15) is 4.79 Å². The standard InChI is InChI=1S/C14H13BrO3S/c1-8-6-11(15)14(19-8)13(16)10-5-4-9(17-2)7-12(10)18-3/h4-7H,1-3H3. The highest BCUT2D eigenvalue weighted by molar-refractivity contribution is 9.10. The maximum absolute atomic E-state index is 12.5. The molecule has 0 aliphatic carbocycles. The number of halogens is 1. The lowest BCUT2D eigenvalue weighted by Crippen LogP contribution is -2.03. The molecule has 2 rings (SSSR count). The molecule has 0 saturated heterocycles. The van der Waals surface area contributed by atoms with Gasteiger partial charge in [-0.05, 0) is 41.1 Å². The number of hydrogen-bond acceptors (Lipinski definition) is 4. The molecule has 1 heterocycles. The van der Waals surface area contributed by atoms with Gasteiger partial charge in [0.2, 0.25) is 5.78 Å². The third-order valence-electron chi connectivity index (χ3n) is 2.67. The van der Waals surface area contributed by atoms with Crippen LogP contribution in [0.25, 0.3) is 0 Å². The van der Waals surface area contributed by atoms with Gasteiger partial charge in [0.05, 0.1) is 24.7 Å². The minimum absolute atomic E-state index is 0.0514. The van der Waals surface area contributed by atoms with Crippen LogP contribution in [0.4, 0.5) is 0 Å². The predicted molar refractivity (Wildman–Crippen MR) is 79.7 cm³/mol. The fourth-order valence-corrected chi connectivity index (χ4v) is 3.52. The van der Waals surface area contributed by atoms with E-state index in [1.165, 1.54) is 11.3 Å². The van der Waals surface area contributed by atoms with Crippen LogP contribution < -0.4 is 9.47 Å². The van der Waals surface area contributed by atoms with E-state index >= 15 is 0 Å². The van der Waals surface area contributed by atoms with Crippen LogP contribution in [0.2, 0.25) is 0 Å². The first-order valence-corrected chi connectivity index (χ1v) is 7.20. The molecule has 2 aromatic rings. The van der Waals surface area contributed by atoms with Crippen LogP contribution in [0.15, 0.2) is 28.7 Å². The van der Waals surface area contributed by atoms with Gasteiger partial charge in [0, 0.05) is 15.4 Å². The molecule has 0 spiro atoms. The van der Waals surface area contributed by atoms with Crippen molar-refractivity contribution in [3.05, 3.63) is 44.1 Å². The van der Waals surface area contributed by atoms with Crippen LogP contribution in [0.1, 0.15) is 20.1 Å². The first kappa shape index (κ1) is 14.1. The average molecular weight is 341 g/mol. The molecule has 0 radical (unpaired) electrons. The first-order valence-electron chi connectivity index (χ1n) is 5.59. The fraction of sp³-hybridized carbons (Fsp3) is 0.214. The predicted octanol–water partition coefficient (Wildman–Crippen LogP) is 4.07. The molecule has 1 aromatic carbocycles. The molecule has 100 valence electrons. The summed E-state index contributed by atoms with van der Waals surface area (Å²) in [4.78, 5) is 14.3. The molecule has 0 atom stereocenters. The molecule has 0 unspecified atom stereocenters. The number of carbonyl (C=O) groups is 1. The van der Waals surface area contributed by atoms with Gasteiger partial charge in [-0.25, -0.2) is 0 Å². The van der Waals surface area contributed by atoms with Gasteiger partial charge in [0.15, 0.2) is 0 Å². The van der Waals surface area contributed by atoms with Crippen molar-refractivity contribution in [3.63, 3.8) is 0 Å². The Morgan fingerprint density at radius 3 is 2.47 bits per heavy atom. The minimum Gasteiger partial charge on any atom is -0.497 e.